The van der Waals surface area contributed by atoms with Crippen LogP contribution in [0.2, 0.25) is 0 Å². The zero-order valence-electron chi connectivity index (χ0n) is 10.5. The van der Waals surface area contributed by atoms with E-state index in [2.05, 4.69) is 4.74 Å². The Labute approximate surface area is 112 Å². The molecule has 1 fully saturated rings. The summed E-state index contributed by atoms with van der Waals surface area (Å²) in [6.45, 7) is 0. The third-order valence-corrected chi connectivity index (χ3v) is 3.06. The normalized spacial score (nSPS) is 17.0. The molecule has 108 valence electrons. The molecule has 0 radical (unpaired) electrons. The third-order valence-electron chi connectivity index (χ3n) is 3.06. The first-order chi connectivity index (χ1) is 9.31. The summed E-state index contributed by atoms with van der Waals surface area (Å²) in [7, 11) is 1.13. The van der Waals surface area contributed by atoms with E-state index >= 15 is 0 Å². The molecule has 1 heterocycles. The molecule has 1 aliphatic rings. The minimum absolute atomic E-state index is 0.0414. The van der Waals surface area contributed by atoms with E-state index in [0.29, 0.717) is 5.56 Å². The quantitative estimate of drug-likeness (QED) is 0.620. The van der Waals surface area contributed by atoms with Crippen LogP contribution < -0.4 is 4.74 Å². The number of carbonyl (C=O) groups is 2. The molecule has 20 heavy (non-hydrogen) atoms. The van der Waals surface area contributed by atoms with Crippen molar-refractivity contribution in [3.05, 3.63) is 29.3 Å². The molecule has 0 aliphatic carbocycles. The summed E-state index contributed by atoms with van der Waals surface area (Å²) in [4.78, 5) is 22.4. The Balaban J connectivity index is 2.34. The highest BCUT2D eigenvalue weighted by Gasteiger charge is 2.35. The maximum absolute atomic E-state index is 12.7. The van der Waals surface area contributed by atoms with Crippen LogP contribution >= 0.6 is 0 Å². The molecule has 0 bridgehead atoms. The largest absolute Gasteiger partial charge is 0.496 e. The Morgan fingerprint density at radius 3 is 2.30 bits per heavy atom. The van der Waals surface area contributed by atoms with Gasteiger partial charge >= 0.3 is 18.1 Å². The van der Waals surface area contributed by atoms with Crippen molar-refractivity contribution < 1.29 is 32.2 Å². The maximum Gasteiger partial charge on any atom is 0.419 e. The Morgan fingerprint density at radius 2 is 1.80 bits per heavy atom. The Hall–Kier alpha value is -2.05. The van der Waals surface area contributed by atoms with Crippen LogP contribution in [0.4, 0.5) is 13.2 Å². The molecule has 1 saturated heterocycles. The minimum Gasteiger partial charge on any atom is -0.496 e. The average molecular weight is 288 g/mol. The van der Waals surface area contributed by atoms with E-state index in [1.807, 2.05) is 0 Å². The standard InChI is InChI=1S/C13H11F3O4/c1-19-10-4-7(2-3-9(10)13(14,15)16)8-5-11(17)20-12(18)6-8/h2-4,8H,5-6H2,1H3. The molecule has 1 aliphatic heterocycles. The van der Waals surface area contributed by atoms with Gasteiger partial charge in [0.25, 0.3) is 0 Å². The summed E-state index contributed by atoms with van der Waals surface area (Å²) in [5.74, 6) is -2.17. The first-order valence-electron chi connectivity index (χ1n) is 5.80. The van der Waals surface area contributed by atoms with Crippen LogP contribution in [-0.2, 0) is 20.5 Å². The van der Waals surface area contributed by atoms with Crippen molar-refractivity contribution >= 4 is 11.9 Å². The number of methoxy groups -OCH3 is 1. The van der Waals surface area contributed by atoms with Crippen LogP contribution in [-0.4, -0.2) is 19.0 Å². The van der Waals surface area contributed by atoms with Crippen LogP contribution in [0.1, 0.15) is 29.9 Å². The van der Waals surface area contributed by atoms with Gasteiger partial charge in [0.1, 0.15) is 5.75 Å². The molecule has 7 heteroatoms. The van der Waals surface area contributed by atoms with Crippen LogP contribution in [0, 0.1) is 0 Å². The molecule has 0 N–H and O–H groups in total. The Kier molecular flexibility index (Phi) is 3.69. The predicted molar refractivity (Wildman–Crippen MR) is 61.1 cm³/mol. The summed E-state index contributed by atoms with van der Waals surface area (Å²) in [5, 5.41) is 0. The number of hydrogen-bond acceptors (Lipinski definition) is 4. The minimum atomic E-state index is -4.52. The van der Waals surface area contributed by atoms with Gasteiger partial charge in [0.2, 0.25) is 0 Å². The number of carbonyl (C=O) groups excluding carboxylic acids is 2. The van der Waals surface area contributed by atoms with Gasteiger partial charge in [0.15, 0.2) is 0 Å². The highest BCUT2D eigenvalue weighted by Crippen LogP contribution is 2.39. The number of cyclic esters (lactones) is 2. The number of rotatable bonds is 2. The smallest absolute Gasteiger partial charge is 0.419 e. The highest BCUT2D eigenvalue weighted by atomic mass is 19.4. The van der Waals surface area contributed by atoms with Crippen molar-refractivity contribution in [1.29, 1.82) is 0 Å². The van der Waals surface area contributed by atoms with Gasteiger partial charge in [-0.1, -0.05) is 6.07 Å². The number of esters is 2. The fourth-order valence-electron chi connectivity index (χ4n) is 2.12. The number of hydrogen-bond donors (Lipinski definition) is 0. The van der Waals surface area contributed by atoms with Crippen LogP contribution in [0.3, 0.4) is 0 Å². The topological polar surface area (TPSA) is 52.6 Å². The number of ether oxygens (including phenoxy) is 2. The summed E-state index contributed by atoms with van der Waals surface area (Å²) >= 11 is 0. The van der Waals surface area contributed by atoms with Crippen molar-refractivity contribution in [2.75, 3.05) is 7.11 Å². The van der Waals surface area contributed by atoms with E-state index in [-0.39, 0.29) is 18.6 Å². The van der Waals surface area contributed by atoms with Crippen LogP contribution in [0.15, 0.2) is 18.2 Å². The summed E-state index contributed by atoms with van der Waals surface area (Å²) in [6, 6.07) is 3.35. The first-order valence-corrected chi connectivity index (χ1v) is 5.80. The van der Waals surface area contributed by atoms with E-state index in [1.165, 1.54) is 12.1 Å². The van der Waals surface area contributed by atoms with E-state index in [0.717, 1.165) is 13.2 Å². The molecule has 1 aromatic carbocycles. The summed E-state index contributed by atoms with van der Waals surface area (Å²) < 4.78 is 47.3. The molecule has 0 unspecified atom stereocenters. The van der Waals surface area contributed by atoms with Gasteiger partial charge in [-0.2, -0.15) is 13.2 Å². The van der Waals surface area contributed by atoms with Gasteiger partial charge in [0, 0.05) is 5.92 Å². The van der Waals surface area contributed by atoms with Gasteiger partial charge in [0.05, 0.1) is 25.5 Å². The zero-order chi connectivity index (χ0) is 14.9. The molecule has 0 saturated carbocycles. The number of alkyl halides is 3. The molecular formula is C13H11F3O4. The van der Waals surface area contributed by atoms with Crippen molar-refractivity contribution in [3.8, 4) is 5.75 Å². The number of benzene rings is 1. The van der Waals surface area contributed by atoms with Crippen LogP contribution in [0.25, 0.3) is 0 Å². The van der Waals surface area contributed by atoms with Gasteiger partial charge in [-0.25, -0.2) is 0 Å². The number of halogens is 3. The molecular weight excluding hydrogens is 277 g/mol. The second-order valence-electron chi connectivity index (χ2n) is 4.41. The molecule has 0 atom stereocenters. The lowest BCUT2D eigenvalue weighted by molar-refractivity contribution is -0.164. The van der Waals surface area contributed by atoms with E-state index < -0.39 is 29.6 Å². The average Bonchev–Trinajstić information content (AvgIpc) is 2.35. The Bertz CT molecular complexity index is 535. The molecule has 2 rings (SSSR count). The second-order valence-corrected chi connectivity index (χ2v) is 4.41. The van der Waals surface area contributed by atoms with E-state index in [4.69, 9.17) is 4.74 Å². The molecule has 0 aromatic heterocycles. The third kappa shape index (κ3) is 2.92. The highest BCUT2D eigenvalue weighted by molar-refractivity contribution is 5.89. The lowest BCUT2D eigenvalue weighted by Crippen LogP contribution is -2.24. The molecule has 0 spiro atoms. The van der Waals surface area contributed by atoms with E-state index in [1.54, 1.807) is 0 Å². The van der Waals surface area contributed by atoms with Crippen molar-refractivity contribution in [1.82, 2.24) is 0 Å². The van der Waals surface area contributed by atoms with Crippen LogP contribution in [0.5, 0.6) is 5.75 Å². The Morgan fingerprint density at radius 1 is 1.20 bits per heavy atom. The molecule has 1 aromatic rings. The maximum atomic E-state index is 12.7. The monoisotopic (exact) mass is 288 g/mol. The predicted octanol–water partition coefficient (Wildman–Crippen LogP) is 2.66. The van der Waals surface area contributed by atoms with Gasteiger partial charge in [-0.3, -0.25) is 9.59 Å². The summed E-state index contributed by atoms with van der Waals surface area (Å²) in [5.41, 5.74) is -0.451. The van der Waals surface area contributed by atoms with E-state index in [9.17, 15) is 22.8 Å². The molecule has 4 nitrogen and oxygen atoms in total. The first kappa shape index (κ1) is 14.4. The molecule has 0 amide bonds. The van der Waals surface area contributed by atoms with Crippen molar-refractivity contribution in [2.45, 2.75) is 24.9 Å². The van der Waals surface area contributed by atoms with Gasteiger partial charge < -0.3 is 9.47 Å². The SMILES string of the molecule is COc1cc(C2CC(=O)OC(=O)C2)ccc1C(F)(F)F. The fraction of sp³-hybridized carbons (Fsp3) is 0.385. The zero-order valence-corrected chi connectivity index (χ0v) is 10.5. The second kappa shape index (κ2) is 5.15. The van der Waals surface area contributed by atoms with Gasteiger partial charge in [-0.15, -0.1) is 0 Å². The van der Waals surface area contributed by atoms with Crippen molar-refractivity contribution in [2.24, 2.45) is 0 Å². The van der Waals surface area contributed by atoms with Crippen molar-refractivity contribution in [3.63, 3.8) is 0 Å². The van der Waals surface area contributed by atoms with Gasteiger partial charge in [-0.05, 0) is 17.7 Å². The fourth-order valence-corrected chi connectivity index (χ4v) is 2.12. The summed E-state index contributed by atoms with van der Waals surface area (Å²) in [6.07, 6.45) is -4.61. The lowest BCUT2D eigenvalue weighted by Gasteiger charge is -2.21. The lowest BCUT2D eigenvalue weighted by atomic mass is 9.90.